The summed E-state index contributed by atoms with van der Waals surface area (Å²) in [6.07, 6.45) is 1.36. The Morgan fingerprint density at radius 3 is 2.88 bits per heavy atom. The van der Waals surface area contributed by atoms with E-state index in [1.165, 1.54) is 17.1 Å². The van der Waals surface area contributed by atoms with Crippen molar-refractivity contribution >= 4 is 29.3 Å². The topological polar surface area (TPSA) is 112 Å². The molecule has 0 spiro atoms. The van der Waals surface area contributed by atoms with E-state index in [9.17, 15) is 4.79 Å². The molecular weight excluding hydrogens is 246 g/mol. The number of nitrogen functional groups attached to an aromatic ring is 1. The average molecular weight is 254 g/mol. The third-order valence-electron chi connectivity index (χ3n) is 1.76. The molecule has 1 amide bonds. The summed E-state index contributed by atoms with van der Waals surface area (Å²) in [6, 6.07) is 3.07. The van der Waals surface area contributed by atoms with Crippen molar-refractivity contribution in [1.82, 2.24) is 25.0 Å². The molecule has 2 heterocycles. The summed E-state index contributed by atoms with van der Waals surface area (Å²) in [5.74, 6) is 0.114. The van der Waals surface area contributed by atoms with Crippen LogP contribution in [0.2, 0.25) is 5.15 Å². The van der Waals surface area contributed by atoms with E-state index in [1.807, 2.05) is 0 Å². The molecule has 0 atom stereocenters. The summed E-state index contributed by atoms with van der Waals surface area (Å²) in [5, 5.41) is 13.8. The predicted octanol–water partition coefficient (Wildman–Crippen LogP) is -0.0576. The maximum atomic E-state index is 11.5. The van der Waals surface area contributed by atoms with Gasteiger partial charge in [0.25, 0.3) is 0 Å². The van der Waals surface area contributed by atoms with E-state index < -0.39 is 0 Å². The first-order valence-electron chi connectivity index (χ1n) is 4.57. The summed E-state index contributed by atoms with van der Waals surface area (Å²) in [4.78, 5) is 15.2. The number of nitrogens with one attached hydrogen (secondary N) is 1. The standard InChI is InChI=1S/C8H8ClN7O/c9-5-1-2-6(14-13-5)12-7(17)3-16-4-11-8(10)15-16/h1-2,4H,3H2,(H2,10,15)(H,12,14,17). The zero-order valence-electron chi connectivity index (χ0n) is 8.54. The summed E-state index contributed by atoms with van der Waals surface area (Å²) < 4.78 is 1.31. The van der Waals surface area contributed by atoms with Gasteiger partial charge in [0.1, 0.15) is 12.9 Å². The molecule has 0 saturated carbocycles. The van der Waals surface area contributed by atoms with Crippen LogP contribution in [0.4, 0.5) is 11.8 Å². The van der Waals surface area contributed by atoms with Crippen LogP contribution < -0.4 is 11.1 Å². The number of hydrogen-bond acceptors (Lipinski definition) is 6. The molecule has 8 nitrogen and oxygen atoms in total. The van der Waals surface area contributed by atoms with Crippen molar-refractivity contribution in [2.24, 2.45) is 0 Å². The summed E-state index contributed by atoms with van der Waals surface area (Å²) in [6.45, 7) is -0.00545. The number of aromatic nitrogens is 5. The molecule has 3 N–H and O–H groups in total. The Morgan fingerprint density at radius 1 is 1.47 bits per heavy atom. The van der Waals surface area contributed by atoms with Gasteiger partial charge in [-0.1, -0.05) is 11.6 Å². The number of carbonyl (C=O) groups is 1. The van der Waals surface area contributed by atoms with Crippen LogP contribution in [-0.2, 0) is 11.3 Å². The molecule has 0 saturated heterocycles. The number of hydrogen-bond donors (Lipinski definition) is 2. The highest BCUT2D eigenvalue weighted by Crippen LogP contribution is 2.05. The van der Waals surface area contributed by atoms with Crippen LogP contribution >= 0.6 is 11.6 Å². The van der Waals surface area contributed by atoms with Gasteiger partial charge in [0, 0.05) is 0 Å². The highest BCUT2D eigenvalue weighted by molar-refractivity contribution is 6.29. The highest BCUT2D eigenvalue weighted by atomic mass is 35.5. The van der Waals surface area contributed by atoms with E-state index in [4.69, 9.17) is 17.3 Å². The molecule has 17 heavy (non-hydrogen) atoms. The van der Waals surface area contributed by atoms with Crippen LogP contribution in [0.5, 0.6) is 0 Å². The third-order valence-corrected chi connectivity index (χ3v) is 1.96. The normalized spacial score (nSPS) is 10.2. The SMILES string of the molecule is Nc1ncn(CC(=O)Nc2ccc(Cl)nn2)n1. The average Bonchev–Trinajstić information content (AvgIpc) is 2.67. The molecule has 0 aliphatic heterocycles. The van der Waals surface area contributed by atoms with Gasteiger partial charge in [-0.05, 0) is 12.1 Å². The molecule has 0 fully saturated rings. The van der Waals surface area contributed by atoms with Gasteiger partial charge >= 0.3 is 0 Å². The Morgan fingerprint density at radius 2 is 2.29 bits per heavy atom. The van der Waals surface area contributed by atoms with Crippen LogP contribution in [0.1, 0.15) is 0 Å². The van der Waals surface area contributed by atoms with Crippen molar-refractivity contribution in [3.05, 3.63) is 23.6 Å². The van der Waals surface area contributed by atoms with E-state index in [-0.39, 0.29) is 23.6 Å². The van der Waals surface area contributed by atoms with E-state index in [0.29, 0.717) is 5.82 Å². The smallest absolute Gasteiger partial charge is 0.247 e. The second-order valence-electron chi connectivity index (χ2n) is 3.09. The van der Waals surface area contributed by atoms with E-state index in [1.54, 1.807) is 6.07 Å². The second kappa shape index (κ2) is 4.74. The molecule has 2 aromatic rings. The lowest BCUT2D eigenvalue weighted by atomic mass is 10.5. The van der Waals surface area contributed by atoms with Gasteiger partial charge < -0.3 is 11.1 Å². The molecule has 0 aliphatic carbocycles. The molecular formula is C8H8ClN7O. The van der Waals surface area contributed by atoms with Gasteiger partial charge in [0.2, 0.25) is 11.9 Å². The molecule has 0 radical (unpaired) electrons. The lowest BCUT2D eigenvalue weighted by molar-refractivity contribution is -0.116. The maximum absolute atomic E-state index is 11.5. The number of nitrogens with two attached hydrogens (primary N) is 1. The zero-order chi connectivity index (χ0) is 12.3. The van der Waals surface area contributed by atoms with Gasteiger partial charge in [-0.2, -0.15) is 0 Å². The van der Waals surface area contributed by atoms with Gasteiger partial charge in [-0.15, -0.1) is 15.3 Å². The lowest BCUT2D eigenvalue weighted by Gasteiger charge is -2.02. The number of carbonyl (C=O) groups excluding carboxylic acids is 1. The van der Waals surface area contributed by atoms with Crippen LogP contribution in [-0.4, -0.2) is 30.9 Å². The molecule has 2 aromatic heterocycles. The molecule has 0 bridgehead atoms. The third kappa shape index (κ3) is 3.11. The molecule has 0 unspecified atom stereocenters. The second-order valence-corrected chi connectivity index (χ2v) is 3.48. The molecule has 88 valence electrons. The Balaban J connectivity index is 1.95. The van der Waals surface area contributed by atoms with Crippen molar-refractivity contribution in [3.8, 4) is 0 Å². The molecule has 0 aromatic carbocycles. The zero-order valence-corrected chi connectivity index (χ0v) is 9.29. The largest absolute Gasteiger partial charge is 0.367 e. The first kappa shape index (κ1) is 11.3. The van der Waals surface area contributed by atoms with Crippen LogP contribution in [0.3, 0.4) is 0 Å². The summed E-state index contributed by atoms with van der Waals surface area (Å²) in [7, 11) is 0. The first-order valence-corrected chi connectivity index (χ1v) is 4.95. The number of rotatable bonds is 3. The minimum atomic E-state index is -0.313. The predicted molar refractivity (Wildman–Crippen MR) is 60.1 cm³/mol. The monoisotopic (exact) mass is 253 g/mol. The van der Waals surface area contributed by atoms with E-state index in [2.05, 4.69) is 25.6 Å². The minimum Gasteiger partial charge on any atom is -0.367 e. The highest BCUT2D eigenvalue weighted by Gasteiger charge is 2.06. The number of amides is 1. The Hall–Kier alpha value is -2.22. The van der Waals surface area contributed by atoms with E-state index >= 15 is 0 Å². The number of halogens is 1. The summed E-state index contributed by atoms with van der Waals surface area (Å²) >= 11 is 5.56. The van der Waals surface area contributed by atoms with Crippen molar-refractivity contribution in [2.75, 3.05) is 11.1 Å². The number of nitrogens with zero attached hydrogens (tertiary/aromatic N) is 5. The fourth-order valence-corrected chi connectivity index (χ4v) is 1.20. The van der Waals surface area contributed by atoms with Crippen LogP contribution in [0.25, 0.3) is 0 Å². The first-order chi connectivity index (χ1) is 8.13. The van der Waals surface area contributed by atoms with Gasteiger partial charge in [0.15, 0.2) is 11.0 Å². The quantitative estimate of drug-likeness (QED) is 0.793. The van der Waals surface area contributed by atoms with Crippen LogP contribution in [0, 0.1) is 0 Å². The minimum absolute atomic E-state index is 0.00545. The summed E-state index contributed by atoms with van der Waals surface area (Å²) in [5.41, 5.74) is 5.31. The molecule has 9 heteroatoms. The fraction of sp³-hybridized carbons (Fsp3) is 0.125. The Labute approximate surface area is 101 Å². The van der Waals surface area contributed by atoms with Crippen molar-refractivity contribution in [2.45, 2.75) is 6.54 Å². The van der Waals surface area contributed by atoms with Crippen molar-refractivity contribution in [3.63, 3.8) is 0 Å². The Kier molecular flexibility index (Phi) is 3.15. The molecule has 0 aliphatic rings. The van der Waals surface area contributed by atoms with E-state index in [0.717, 1.165) is 0 Å². The molecule has 2 rings (SSSR count). The van der Waals surface area contributed by atoms with Gasteiger partial charge in [-0.25, -0.2) is 9.67 Å². The number of anilines is 2. The maximum Gasteiger partial charge on any atom is 0.247 e. The lowest BCUT2D eigenvalue weighted by Crippen LogP contribution is -2.20. The van der Waals surface area contributed by atoms with Crippen molar-refractivity contribution < 1.29 is 4.79 Å². The van der Waals surface area contributed by atoms with Gasteiger partial charge in [0.05, 0.1) is 0 Å². The van der Waals surface area contributed by atoms with Crippen molar-refractivity contribution in [1.29, 1.82) is 0 Å². The van der Waals surface area contributed by atoms with Crippen LogP contribution in [0.15, 0.2) is 18.5 Å². The Bertz CT molecular complexity index is 523. The fourth-order valence-electron chi connectivity index (χ4n) is 1.10. The van der Waals surface area contributed by atoms with Gasteiger partial charge in [-0.3, -0.25) is 4.79 Å².